The number of H-pyrrole nitrogens is 1. The Morgan fingerprint density at radius 3 is 2.81 bits per heavy atom. The third-order valence-corrected chi connectivity index (χ3v) is 4.89. The summed E-state index contributed by atoms with van der Waals surface area (Å²) in [7, 11) is 0. The van der Waals surface area contributed by atoms with Crippen molar-refractivity contribution in [3.05, 3.63) is 71.7 Å². The van der Waals surface area contributed by atoms with Crippen LogP contribution in [0.5, 0.6) is 0 Å². The number of aromatic amines is 1. The van der Waals surface area contributed by atoms with Crippen LogP contribution in [-0.4, -0.2) is 22.8 Å². The fourth-order valence-corrected chi connectivity index (χ4v) is 3.37. The van der Waals surface area contributed by atoms with E-state index in [4.69, 9.17) is 4.74 Å². The molecule has 0 radical (unpaired) electrons. The van der Waals surface area contributed by atoms with Crippen LogP contribution >= 0.6 is 0 Å². The fraction of sp³-hybridized carbons (Fsp3) is 0.238. The van der Waals surface area contributed by atoms with Gasteiger partial charge in [0.2, 0.25) is 5.78 Å². The Morgan fingerprint density at radius 1 is 1.19 bits per heavy atom. The predicted molar refractivity (Wildman–Crippen MR) is 95.4 cm³/mol. The lowest BCUT2D eigenvalue weighted by molar-refractivity contribution is -0.148. The molecule has 1 aliphatic carbocycles. The lowest BCUT2D eigenvalue weighted by Crippen LogP contribution is -2.25. The van der Waals surface area contributed by atoms with Crippen molar-refractivity contribution in [2.24, 2.45) is 5.92 Å². The van der Waals surface area contributed by atoms with Crippen molar-refractivity contribution in [1.82, 2.24) is 4.98 Å². The average Bonchev–Trinajstić information content (AvgIpc) is 3.33. The molecular weight excluding hydrogens is 333 g/mol. The van der Waals surface area contributed by atoms with Gasteiger partial charge >= 0.3 is 5.97 Å². The summed E-state index contributed by atoms with van der Waals surface area (Å²) < 4.78 is 18.7. The zero-order chi connectivity index (χ0) is 18.3. The lowest BCUT2D eigenvalue weighted by Gasteiger charge is -2.12. The third-order valence-electron chi connectivity index (χ3n) is 4.89. The summed E-state index contributed by atoms with van der Waals surface area (Å²) >= 11 is 0. The van der Waals surface area contributed by atoms with Gasteiger partial charge in [-0.3, -0.25) is 9.59 Å². The van der Waals surface area contributed by atoms with Crippen LogP contribution in [0, 0.1) is 11.7 Å². The number of rotatable bonds is 5. The Kier molecular flexibility index (Phi) is 4.07. The zero-order valence-electron chi connectivity index (χ0n) is 14.2. The van der Waals surface area contributed by atoms with Crippen LogP contribution in [0.1, 0.15) is 35.2 Å². The van der Waals surface area contributed by atoms with E-state index < -0.39 is 12.1 Å². The van der Waals surface area contributed by atoms with Crippen LogP contribution < -0.4 is 0 Å². The minimum atomic E-state index is -0.865. The Balaban J connectivity index is 1.43. The fourth-order valence-electron chi connectivity index (χ4n) is 3.37. The van der Waals surface area contributed by atoms with Crippen molar-refractivity contribution in [2.75, 3.05) is 0 Å². The predicted octanol–water partition coefficient (Wildman–Crippen LogP) is 4.23. The van der Waals surface area contributed by atoms with E-state index in [1.807, 2.05) is 30.3 Å². The first kappa shape index (κ1) is 16.5. The van der Waals surface area contributed by atoms with E-state index in [2.05, 4.69) is 4.98 Å². The Morgan fingerprint density at radius 2 is 2.00 bits per heavy atom. The molecule has 1 fully saturated rings. The van der Waals surface area contributed by atoms with Crippen LogP contribution in [0.4, 0.5) is 4.39 Å². The highest BCUT2D eigenvalue weighted by Crippen LogP contribution is 2.48. The molecule has 4 nitrogen and oxygen atoms in total. The van der Waals surface area contributed by atoms with Crippen molar-refractivity contribution in [2.45, 2.75) is 25.4 Å². The molecule has 1 N–H and O–H groups in total. The van der Waals surface area contributed by atoms with Gasteiger partial charge in [-0.1, -0.05) is 30.3 Å². The second-order valence-corrected chi connectivity index (χ2v) is 6.69. The number of ether oxygens (including phenoxy) is 1. The number of nitrogens with one attached hydrogen (secondary N) is 1. The molecule has 1 heterocycles. The van der Waals surface area contributed by atoms with E-state index in [1.165, 1.54) is 12.1 Å². The molecule has 26 heavy (non-hydrogen) atoms. The molecule has 4 rings (SSSR count). The van der Waals surface area contributed by atoms with E-state index in [0.29, 0.717) is 12.0 Å². The second-order valence-electron chi connectivity index (χ2n) is 6.69. The van der Waals surface area contributed by atoms with Gasteiger partial charge in [0, 0.05) is 22.7 Å². The Bertz CT molecular complexity index is 994. The number of para-hydroxylation sites is 1. The molecule has 1 saturated carbocycles. The normalized spacial score (nSPS) is 19.9. The van der Waals surface area contributed by atoms with Crippen molar-refractivity contribution >= 4 is 22.7 Å². The summed E-state index contributed by atoms with van der Waals surface area (Å²) in [6.07, 6.45) is 1.40. The SMILES string of the molecule is C[C@H](OC(=O)[C@H]1C[C@H]1c1cccc(F)c1)C(=O)c1c[nH]c2ccccc12. The van der Waals surface area contributed by atoms with E-state index >= 15 is 0 Å². The lowest BCUT2D eigenvalue weighted by atomic mass is 10.1. The van der Waals surface area contributed by atoms with Crippen LogP contribution in [0.15, 0.2) is 54.7 Å². The number of carbonyl (C=O) groups excluding carboxylic acids is 2. The van der Waals surface area contributed by atoms with Gasteiger partial charge in [0.05, 0.1) is 5.92 Å². The zero-order valence-corrected chi connectivity index (χ0v) is 14.2. The number of esters is 1. The highest BCUT2D eigenvalue weighted by Gasteiger charge is 2.46. The van der Waals surface area contributed by atoms with E-state index in [0.717, 1.165) is 16.5 Å². The van der Waals surface area contributed by atoms with Gasteiger partial charge in [-0.05, 0) is 43.0 Å². The van der Waals surface area contributed by atoms with Gasteiger partial charge in [0.25, 0.3) is 0 Å². The molecule has 3 atom stereocenters. The van der Waals surface area contributed by atoms with Crippen LogP contribution in [-0.2, 0) is 9.53 Å². The summed E-state index contributed by atoms with van der Waals surface area (Å²) in [5.41, 5.74) is 2.17. The summed E-state index contributed by atoms with van der Waals surface area (Å²) in [4.78, 5) is 28.0. The molecule has 3 aromatic rings. The smallest absolute Gasteiger partial charge is 0.310 e. The Labute approximate surface area is 150 Å². The van der Waals surface area contributed by atoms with Gasteiger partial charge < -0.3 is 9.72 Å². The highest BCUT2D eigenvalue weighted by molar-refractivity contribution is 6.10. The summed E-state index contributed by atoms with van der Waals surface area (Å²) in [5, 5.41) is 0.810. The number of hydrogen-bond donors (Lipinski definition) is 1. The first-order valence-electron chi connectivity index (χ1n) is 8.61. The molecule has 0 saturated heterocycles. The van der Waals surface area contributed by atoms with Crippen molar-refractivity contribution in [3.8, 4) is 0 Å². The molecule has 0 spiro atoms. The maximum atomic E-state index is 13.3. The minimum Gasteiger partial charge on any atom is -0.454 e. The molecule has 5 heteroatoms. The second kappa shape index (κ2) is 6.41. The standard InChI is InChI=1S/C21H18FNO3/c1-12(20(24)18-11-23-19-8-3-2-7-15(18)19)26-21(25)17-10-16(17)13-5-4-6-14(22)9-13/h2-9,11-12,16-17,23H,10H2,1H3/t12-,16-,17-/m0/s1. The van der Waals surface area contributed by atoms with Crippen LogP contribution in [0.2, 0.25) is 0 Å². The molecule has 0 unspecified atom stereocenters. The number of Topliss-reactive ketones (excluding diaryl/α,β-unsaturated/α-hetero) is 1. The number of benzene rings is 2. The van der Waals surface area contributed by atoms with Crippen molar-refractivity contribution in [3.63, 3.8) is 0 Å². The molecule has 132 valence electrons. The maximum Gasteiger partial charge on any atom is 0.310 e. The molecule has 0 aliphatic heterocycles. The first-order chi connectivity index (χ1) is 12.5. The Hall–Kier alpha value is -2.95. The number of ketones is 1. The summed E-state index contributed by atoms with van der Waals surface area (Å²) in [5.74, 6) is -1.30. The third kappa shape index (κ3) is 3.01. The van der Waals surface area contributed by atoms with Gasteiger partial charge in [-0.2, -0.15) is 0 Å². The summed E-state index contributed by atoms with van der Waals surface area (Å²) in [6.45, 7) is 1.58. The quantitative estimate of drug-likeness (QED) is 0.553. The van der Waals surface area contributed by atoms with E-state index in [9.17, 15) is 14.0 Å². The number of hydrogen-bond acceptors (Lipinski definition) is 3. The molecule has 1 aliphatic rings. The average molecular weight is 351 g/mol. The highest BCUT2D eigenvalue weighted by atomic mass is 19.1. The molecule has 2 aromatic carbocycles. The van der Waals surface area contributed by atoms with E-state index in [-0.39, 0.29) is 23.4 Å². The number of fused-ring (bicyclic) bond motifs is 1. The van der Waals surface area contributed by atoms with Crippen molar-refractivity contribution < 1.29 is 18.7 Å². The monoisotopic (exact) mass is 351 g/mol. The topological polar surface area (TPSA) is 59.2 Å². The first-order valence-corrected chi connectivity index (χ1v) is 8.61. The van der Waals surface area contributed by atoms with Crippen LogP contribution in [0.25, 0.3) is 10.9 Å². The molecule has 0 bridgehead atoms. The van der Waals surface area contributed by atoms with Gasteiger partial charge in [0.15, 0.2) is 6.10 Å². The van der Waals surface area contributed by atoms with Crippen LogP contribution in [0.3, 0.4) is 0 Å². The molecule has 0 amide bonds. The van der Waals surface area contributed by atoms with Gasteiger partial charge in [-0.25, -0.2) is 4.39 Å². The minimum absolute atomic E-state index is 0.0337. The molecular formula is C21H18FNO3. The maximum absolute atomic E-state index is 13.3. The van der Waals surface area contributed by atoms with Crippen molar-refractivity contribution in [1.29, 1.82) is 0 Å². The number of halogens is 1. The number of carbonyl (C=O) groups is 2. The van der Waals surface area contributed by atoms with Gasteiger partial charge in [-0.15, -0.1) is 0 Å². The molecule has 1 aromatic heterocycles. The summed E-state index contributed by atoms with van der Waals surface area (Å²) in [6, 6.07) is 13.7. The van der Waals surface area contributed by atoms with E-state index in [1.54, 1.807) is 19.2 Å². The largest absolute Gasteiger partial charge is 0.454 e. The number of aromatic nitrogens is 1. The van der Waals surface area contributed by atoms with Gasteiger partial charge in [0.1, 0.15) is 5.82 Å².